The normalized spacial score (nSPS) is 12.8. The summed E-state index contributed by atoms with van der Waals surface area (Å²) in [5.74, 6) is 2.54. The molecule has 0 aliphatic carbocycles. The third-order valence-corrected chi connectivity index (χ3v) is 3.86. The molecule has 0 aliphatic rings. The van der Waals surface area contributed by atoms with Gasteiger partial charge in [0.2, 0.25) is 11.8 Å². The van der Waals surface area contributed by atoms with E-state index in [0.717, 1.165) is 6.42 Å². The van der Waals surface area contributed by atoms with Gasteiger partial charge >= 0.3 is 5.97 Å². The van der Waals surface area contributed by atoms with Gasteiger partial charge in [0.1, 0.15) is 17.1 Å². The zero-order valence-electron chi connectivity index (χ0n) is 15.1. The molecule has 0 spiro atoms. The van der Waals surface area contributed by atoms with Crippen molar-refractivity contribution in [2.24, 2.45) is 5.92 Å². The Morgan fingerprint density at radius 1 is 1.29 bits per heavy atom. The van der Waals surface area contributed by atoms with E-state index >= 15 is 0 Å². The first kappa shape index (κ1) is 18.2. The molecule has 0 radical (unpaired) electrons. The number of furan rings is 1. The van der Waals surface area contributed by atoms with E-state index in [-0.39, 0.29) is 6.04 Å². The maximum atomic E-state index is 11.7. The molecule has 7 heteroatoms. The molecular weight excluding hydrogens is 310 g/mol. The third-order valence-electron chi connectivity index (χ3n) is 3.86. The van der Waals surface area contributed by atoms with Crippen LogP contribution in [0.5, 0.6) is 0 Å². The van der Waals surface area contributed by atoms with Gasteiger partial charge in [-0.3, -0.25) is 4.90 Å². The van der Waals surface area contributed by atoms with Crippen LogP contribution in [0.4, 0.5) is 0 Å². The van der Waals surface area contributed by atoms with Crippen LogP contribution in [0.2, 0.25) is 0 Å². The molecule has 24 heavy (non-hydrogen) atoms. The Labute approximate surface area is 142 Å². The van der Waals surface area contributed by atoms with Crippen molar-refractivity contribution in [1.29, 1.82) is 0 Å². The summed E-state index contributed by atoms with van der Waals surface area (Å²) in [6.45, 7) is 8.47. The Balaban J connectivity index is 2.05. The molecule has 0 aliphatic heterocycles. The van der Waals surface area contributed by atoms with Crippen LogP contribution in [0.3, 0.4) is 0 Å². The maximum Gasteiger partial charge on any atom is 0.341 e. The highest BCUT2D eigenvalue weighted by atomic mass is 16.5. The lowest BCUT2D eigenvalue weighted by Crippen LogP contribution is -2.22. The minimum absolute atomic E-state index is 0.0644. The standard InChI is InChI=1S/C17H25N3O4/c1-10(2)7-15-18-19-16(24-15)11(3)20(5)9-13-8-14(12(4)23-13)17(21)22-6/h8,10-11H,7,9H2,1-6H3. The summed E-state index contributed by atoms with van der Waals surface area (Å²) in [5.41, 5.74) is 0.450. The van der Waals surface area contributed by atoms with E-state index in [0.29, 0.717) is 41.3 Å². The fourth-order valence-corrected chi connectivity index (χ4v) is 2.37. The number of esters is 1. The van der Waals surface area contributed by atoms with Crippen LogP contribution < -0.4 is 0 Å². The van der Waals surface area contributed by atoms with Gasteiger partial charge in [0, 0.05) is 6.42 Å². The Morgan fingerprint density at radius 3 is 2.62 bits per heavy atom. The smallest absolute Gasteiger partial charge is 0.341 e. The van der Waals surface area contributed by atoms with Crippen LogP contribution in [0.25, 0.3) is 0 Å². The zero-order chi connectivity index (χ0) is 17.9. The lowest BCUT2D eigenvalue weighted by molar-refractivity contribution is 0.0599. The van der Waals surface area contributed by atoms with E-state index in [1.54, 1.807) is 13.0 Å². The molecule has 1 atom stereocenters. The molecule has 0 N–H and O–H groups in total. The van der Waals surface area contributed by atoms with Crippen LogP contribution >= 0.6 is 0 Å². The molecule has 2 heterocycles. The fraction of sp³-hybridized carbons (Fsp3) is 0.588. The monoisotopic (exact) mass is 335 g/mol. The topological polar surface area (TPSA) is 81.6 Å². The first-order valence-corrected chi connectivity index (χ1v) is 8.02. The second-order valence-corrected chi connectivity index (χ2v) is 6.40. The van der Waals surface area contributed by atoms with Crippen LogP contribution in [0.15, 0.2) is 14.9 Å². The van der Waals surface area contributed by atoms with Crippen LogP contribution in [-0.4, -0.2) is 35.2 Å². The molecule has 0 aromatic carbocycles. The minimum Gasteiger partial charge on any atom is -0.465 e. The van der Waals surface area contributed by atoms with Crippen molar-refractivity contribution in [1.82, 2.24) is 15.1 Å². The lowest BCUT2D eigenvalue weighted by Gasteiger charge is -2.20. The molecule has 0 saturated heterocycles. The second-order valence-electron chi connectivity index (χ2n) is 6.40. The molecule has 0 bridgehead atoms. The highest BCUT2D eigenvalue weighted by Crippen LogP contribution is 2.23. The fourth-order valence-electron chi connectivity index (χ4n) is 2.37. The Hall–Kier alpha value is -2.15. The van der Waals surface area contributed by atoms with Gasteiger partial charge in [-0.25, -0.2) is 4.79 Å². The summed E-state index contributed by atoms with van der Waals surface area (Å²) in [7, 11) is 3.29. The zero-order valence-corrected chi connectivity index (χ0v) is 15.1. The van der Waals surface area contributed by atoms with Crippen molar-refractivity contribution < 1.29 is 18.4 Å². The van der Waals surface area contributed by atoms with E-state index in [4.69, 9.17) is 13.6 Å². The van der Waals surface area contributed by atoms with Crippen molar-refractivity contribution >= 4 is 5.97 Å². The Morgan fingerprint density at radius 2 is 2.00 bits per heavy atom. The Kier molecular flexibility index (Phi) is 5.77. The number of nitrogens with zero attached hydrogens (tertiary/aromatic N) is 3. The average molecular weight is 335 g/mol. The van der Waals surface area contributed by atoms with Crippen LogP contribution in [0.1, 0.15) is 60.5 Å². The summed E-state index contributed by atoms with van der Waals surface area (Å²) >= 11 is 0. The summed E-state index contributed by atoms with van der Waals surface area (Å²) in [6.07, 6.45) is 0.767. The summed E-state index contributed by atoms with van der Waals surface area (Å²) in [6, 6.07) is 1.65. The van der Waals surface area contributed by atoms with E-state index in [1.807, 2.05) is 18.9 Å². The number of aromatic nitrogens is 2. The van der Waals surface area contributed by atoms with E-state index in [9.17, 15) is 4.79 Å². The summed E-state index contributed by atoms with van der Waals surface area (Å²) < 4.78 is 16.1. The van der Waals surface area contributed by atoms with Crippen molar-refractivity contribution in [2.75, 3.05) is 14.2 Å². The van der Waals surface area contributed by atoms with Gasteiger partial charge in [0.05, 0.1) is 19.7 Å². The molecular formula is C17H25N3O4. The highest BCUT2D eigenvalue weighted by Gasteiger charge is 2.22. The SMILES string of the molecule is COC(=O)c1cc(CN(C)C(C)c2nnc(CC(C)C)o2)oc1C. The summed E-state index contributed by atoms with van der Waals surface area (Å²) in [5, 5.41) is 8.22. The van der Waals surface area contributed by atoms with Crippen LogP contribution in [0, 0.1) is 12.8 Å². The summed E-state index contributed by atoms with van der Waals surface area (Å²) in [4.78, 5) is 13.7. The first-order valence-electron chi connectivity index (χ1n) is 8.02. The van der Waals surface area contributed by atoms with E-state index < -0.39 is 5.97 Å². The second kappa shape index (κ2) is 7.61. The number of methoxy groups -OCH3 is 1. The number of aryl methyl sites for hydroxylation is 1. The number of carbonyl (C=O) groups excluding carboxylic acids is 1. The maximum absolute atomic E-state index is 11.7. The average Bonchev–Trinajstić information content (AvgIpc) is 3.11. The predicted octanol–water partition coefficient (Wildman–Crippen LogP) is 3.15. The molecule has 2 aromatic heterocycles. The number of rotatable bonds is 7. The highest BCUT2D eigenvalue weighted by molar-refractivity contribution is 5.90. The van der Waals surface area contributed by atoms with Crippen molar-refractivity contribution in [3.63, 3.8) is 0 Å². The third kappa shape index (κ3) is 4.23. The number of carbonyl (C=O) groups is 1. The number of ether oxygens (including phenoxy) is 1. The molecule has 0 saturated carbocycles. The number of hydrogen-bond donors (Lipinski definition) is 0. The first-order chi connectivity index (χ1) is 11.3. The largest absolute Gasteiger partial charge is 0.465 e. The van der Waals surface area contributed by atoms with Crippen molar-refractivity contribution in [3.8, 4) is 0 Å². The van der Waals surface area contributed by atoms with Gasteiger partial charge in [0.15, 0.2) is 0 Å². The molecule has 2 aromatic rings. The van der Waals surface area contributed by atoms with Gasteiger partial charge in [-0.1, -0.05) is 13.8 Å². The molecule has 7 nitrogen and oxygen atoms in total. The minimum atomic E-state index is -0.395. The predicted molar refractivity (Wildman–Crippen MR) is 87.5 cm³/mol. The quantitative estimate of drug-likeness (QED) is 0.719. The molecule has 1 unspecified atom stereocenters. The van der Waals surface area contributed by atoms with Gasteiger partial charge in [-0.2, -0.15) is 0 Å². The molecule has 2 rings (SSSR count). The van der Waals surface area contributed by atoms with Gasteiger partial charge in [0.25, 0.3) is 0 Å². The molecule has 132 valence electrons. The van der Waals surface area contributed by atoms with E-state index in [2.05, 4.69) is 24.0 Å². The van der Waals surface area contributed by atoms with Crippen molar-refractivity contribution in [3.05, 3.63) is 34.9 Å². The Bertz CT molecular complexity index is 690. The van der Waals surface area contributed by atoms with E-state index in [1.165, 1.54) is 7.11 Å². The lowest BCUT2D eigenvalue weighted by atomic mass is 10.1. The van der Waals surface area contributed by atoms with Crippen LogP contribution in [-0.2, 0) is 17.7 Å². The van der Waals surface area contributed by atoms with Gasteiger partial charge < -0.3 is 13.6 Å². The molecule has 0 amide bonds. The molecule has 0 fully saturated rings. The van der Waals surface area contributed by atoms with Gasteiger partial charge in [-0.05, 0) is 32.9 Å². The number of hydrogen-bond acceptors (Lipinski definition) is 7. The van der Waals surface area contributed by atoms with Gasteiger partial charge in [-0.15, -0.1) is 10.2 Å². The van der Waals surface area contributed by atoms with Crippen molar-refractivity contribution in [2.45, 2.75) is 46.7 Å².